The number of hydrogen-bond donors (Lipinski definition) is 2. The number of anilines is 1. The van der Waals surface area contributed by atoms with Gasteiger partial charge in [-0.2, -0.15) is 11.8 Å². The number of rotatable bonds is 9. The first kappa shape index (κ1) is 24.0. The summed E-state index contributed by atoms with van der Waals surface area (Å²) < 4.78 is 27.1. The Hall–Kier alpha value is -1.69. The molecule has 1 heterocycles. The van der Waals surface area contributed by atoms with E-state index >= 15 is 0 Å². The number of thioether (sulfide) groups is 1. The molecule has 0 aliphatic rings. The number of halogens is 2. The van der Waals surface area contributed by atoms with Gasteiger partial charge in [0, 0.05) is 33.7 Å². The van der Waals surface area contributed by atoms with Gasteiger partial charge >= 0.3 is 0 Å². The van der Waals surface area contributed by atoms with Gasteiger partial charge in [0.1, 0.15) is 0 Å². The summed E-state index contributed by atoms with van der Waals surface area (Å²) in [6.45, 7) is 2.13. The first-order valence-corrected chi connectivity index (χ1v) is 13.2. The van der Waals surface area contributed by atoms with Crippen molar-refractivity contribution >= 4 is 67.4 Å². The molecular weight excluding hydrogens is 499 g/mol. The lowest BCUT2D eigenvalue weighted by Gasteiger charge is -2.06. The number of hydrogen-bond acceptors (Lipinski definition) is 7. The van der Waals surface area contributed by atoms with Crippen LogP contribution in [0.25, 0.3) is 0 Å². The van der Waals surface area contributed by atoms with Crippen LogP contribution in [0.4, 0.5) is 5.13 Å². The van der Waals surface area contributed by atoms with Crippen molar-refractivity contribution in [3.8, 4) is 0 Å². The quantitative estimate of drug-likeness (QED) is 0.318. The summed E-state index contributed by atoms with van der Waals surface area (Å²) in [5, 5.41) is 11.3. The molecule has 3 aromatic rings. The standard InChI is InChI=1S/C19H18Cl2N4O3S3/c1-12-2-4-13(5-3-12)17(26)23-18-24-25-19(30-18)31(27,28)22-8-9-29-11-14-6-7-15(20)10-16(14)21/h2-7,10,22H,8-9,11H2,1H3,(H,23,24,26). The van der Waals surface area contributed by atoms with Crippen molar-refractivity contribution in [2.45, 2.75) is 17.0 Å². The van der Waals surface area contributed by atoms with Crippen LogP contribution in [0, 0.1) is 6.92 Å². The fraction of sp³-hybridized carbons (Fsp3) is 0.211. The first-order valence-electron chi connectivity index (χ1n) is 8.97. The molecule has 0 saturated heterocycles. The second-order valence-electron chi connectivity index (χ2n) is 6.38. The van der Waals surface area contributed by atoms with Gasteiger partial charge in [-0.05, 0) is 36.8 Å². The third kappa shape index (κ3) is 6.90. The van der Waals surface area contributed by atoms with E-state index in [4.69, 9.17) is 23.2 Å². The molecule has 31 heavy (non-hydrogen) atoms. The lowest BCUT2D eigenvalue weighted by molar-refractivity contribution is 0.102. The lowest BCUT2D eigenvalue weighted by Crippen LogP contribution is -2.26. The van der Waals surface area contributed by atoms with Crippen LogP contribution in [-0.2, 0) is 15.8 Å². The molecule has 3 rings (SSSR count). The van der Waals surface area contributed by atoms with E-state index in [0.29, 0.717) is 27.1 Å². The summed E-state index contributed by atoms with van der Waals surface area (Å²) in [6, 6.07) is 12.3. The van der Waals surface area contributed by atoms with Gasteiger partial charge in [0.25, 0.3) is 15.9 Å². The highest BCUT2D eigenvalue weighted by molar-refractivity contribution is 7.98. The monoisotopic (exact) mass is 516 g/mol. The molecule has 0 unspecified atom stereocenters. The smallest absolute Gasteiger partial charge is 0.269 e. The Morgan fingerprint density at radius 3 is 2.58 bits per heavy atom. The van der Waals surface area contributed by atoms with Crippen LogP contribution in [0.2, 0.25) is 10.0 Å². The van der Waals surface area contributed by atoms with Crippen LogP contribution >= 0.6 is 46.3 Å². The van der Waals surface area contributed by atoms with Gasteiger partial charge in [0.15, 0.2) is 0 Å². The van der Waals surface area contributed by atoms with Crippen LogP contribution in [0.15, 0.2) is 46.8 Å². The summed E-state index contributed by atoms with van der Waals surface area (Å²) in [6.07, 6.45) is 0. The summed E-state index contributed by atoms with van der Waals surface area (Å²) in [5.41, 5.74) is 2.40. The molecule has 2 aromatic carbocycles. The molecule has 2 N–H and O–H groups in total. The Labute approximate surface area is 198 Å². The number of sulfonamides is 1. The van der Waals surface area contributed by atoms with Gasteiger partial charge in [-0.25, -0.2) is 13.1 Å². The number of carbonyl (C=O) groups excluding carboxylic acids is 1. The Bertz CT molecular complexity index is 1170. The molecule has 0 aliphatic heterocycles. The van der Waals surface area contributed by atoms with Crippen LogP contribution in [0.3, 0.4) is 0 Å². The number of benzene rings is 2. The zero-order chi connectivity index (χ0) is 22.4. The SMILES string of the molecule is Cc1ccc(C(=O)Nc2nnc(S(=O)(=O)NCCSCc3ccc(Cl)cc3Cl)s2)cc1. The fourth-order valence-corrected chi connectivity index (χ4v) is 5.89. The van der Waals surface area contributed by atoms with Crippen LogP contribution in [0.1, 0.15) is 21.5 Å². The van der Waals surface area contributed by atoms with Crippen molar-refractivity contribution in [3.05, 3.63) is 69.2 Å². The van der Waals surface area contributed by atoms with Gasteiger partial charge in [-0.15, -0.1) is 10.2 Å². The number of nitrogens with zero attached hydrogens (tertiary/aromatic N) is 2. The molecule has 1 aromatic heterocycles. The highest BCUT2D eigenvalue weighted by atomic mass is 35.5. The van der Waals surface area contributed by atoms with E-state index in [-0.39, 0.29) is 21.9 Å². The van der Waals surface area contributed by atoms with Crippen LogP contribution < -0.4 is 10.0 Å². The van der Waals surface area contributed by atoms with Gasteiger partial charge < -0.3 is 0 Å². The van der Waals surface area contributed by atoms with Gasteiger partial charge in [0.05, 0.1) is 0 Å². The van der Waals surface area contributed by atoms with Crippen LogP contribution in [-0.4, -0.2) is 36.8 Å². The predicted molar refractivity (Wildman–Crippen MR) is 127 cm³/mol. The third-order valence-electron chi connectivity index (χ3n) is 3.98. The van der Waals surface area contributed by atoms with Gasteiger partial charge in [0.2, 0.25) is 9.47 Å². The molecule has 0 fully saturated rings. The minimum Gasteiger partial charge on any atom is -0.296 e. The van der Waals surface area contributed by atoms with E-state index in [1.54, 1.807) is 24.3 Å². The molecule has 1 amide bonds. The molecule has 164 valence electrons. The summed E-state index contributed by atoms with van der Waals surface area (Å²) >= 11 is 14.3. The Morgan fingerprint density at radius 1 is 1.13 bits per heavy atom. The van der Waals surface area contributed by atoms with E-state index in [1.807, 2.05) is 25.1 Å². The molecule has 7 nitrogen and oxygen atoms in total. The molecule has 0 radical (unpaired) electrons. The van der Waals surface area contributed by atoms with Crippen molar-refractivity contribution in [2.24, 2.45) is 0 Å². The zero-order valence-electron chi connectivity index (χ0n) is 16.3. The maximum atomic E-state index is 12.4. The number of aromatic nitrogens is 2. The van der Waals surface area contributed by atoms with E-state index in [9.17, 15) is 13.2 Å². The summed E-state index contributed by atoms with van der Waals surface area (Å²) in [5.74, 6) is 0.782. The Balaban J connectivity index is 1.48. The highest BCUT2D eigenvalue weighted by Gasteiger charge is 2.20. The Morgan fingerprint density at radius 2 is 1.87 bits per heavy atom. The first-order chi connectivity index (χ1) is 14.7. The minimum atomic E-state index is -3.82. The second kappa shape index (κ2) is 10.8. The number of nitrogens with one attached hydrogen (secondary N) is 2. The molecule has 0 bridgehead atoms. The van der Waals surface area contributed by atoms with Gasteiger partial charge in [-0.1, -0.05) is 58.3 Å². The largest absolute Gasteiger partial charge is 0.296 e. The number of aryl methyl sites for hydroxylation is 1. The molecule has 0 spiro atoms. The third-order valence-corrected chi connectivity index (χ3v) is 8.24. The van der Waals surface area contributed by atoms with E-state index < -0.39 is 10.0 Å². The minimum absolute atomic E-state index is 0.109. The summed E-state index contributed by atoms with van der Waals surface area (Å²) in [7, 11) is -3.82. The predicted octanol–water partition coefficient (Wildman–Crippen LogP) is 4.62. The van der Waals surface area contributed by atoms with Crippen LogP contribution in [0.5, 0.6) is 0 Å². The normalized spacial score (nSPS) is 11.5. The highest BCUT2D eigenvalue weighted by Crippen LogP contribution is 2.25. The van der Waals surface area contributed by atoms with Crippen molar-refractivity contribution in [3.63, 3.8) is 0 Å². The topological polar surface area (TPSA) is 101 Å². The lowest BCUT2D eigenvalue weighted by atomic mass is 10.1. The van der Waals surface area contributed by atoms with E-state index in [2.05, 4.69) is 20.2 Å². The molecule has 12 heteroatoms. The maximum Gasteiger partial charge on any atom is 0.269 e. The molecule has 0 atom stereocenters. The number of carbonyl (C=O) groups is 1. The fourth-order valence-electron chi connectivity index (χ4n) is 2.37. The molecule has 0 aliphatic carbocycles. The maximum absolute atomic E-state index is 12.4. The average Bonchev–Trinajstić information content (AvgIpc) is 3.19. The number of amides is 1. The Kier molecular flexibility index (Phi) is 8.31. The zero-order valence-corrected chi connectivity index (χ0v) is 20.2. The molecule has 0 saturated carbocycles. The van der Waals surface area contributed by atoms with E-state index in [0.717, 1.165) is 22.5 Å². The van der Waals surface area contributed by atoms with Crippen molar-refractivity contribution in [2.75, 3.05) is 17.6 Å². The summed E-state index contributed by atoms with van der Waals surface area (Å²) in [4.78, 5) is 12.2. The van der Waals surface area contributed by atoms with E-state index in [1.165, 1.54) is 11.8 Å². The van der Waals surface area contributed by atoms with Crippen molar-refractivity contribution in [1.29, 1.82) is 0 Å². The van der Waals surface area contributed by atoms with Crippen molar-refractivity contribution in [1.82, 2.24) is 14.9 Å². The van der Waals surface area contributed by atoms with Gasteiger partial charge in [-0.3, -0.25) is 10.1 Å². The second-order valence-corrected chi connectivity index (χ2v) is 11.2. The van der Waals surface area contributed by atoms with Crippen molar-refractivity contribution < 1.29 is 13.2 Å². The molecular formula is C19H18Cl2N4O3S3. The average molecular weight is 517 g/mol.